The molecule has 2 aromatic carbocycles. The molecule has 0 aliphatic rings. The Morgan fingerprint density at radius 2 is 1.45 bits per heavy atom. The Morgan fingerprint density at radius 1 is 0.818 bits per heavy atom. The van der Waals surface area contributed by atoms with E-state index >= 15 is 0 Å². The van der Waals surface area contributed by atoms with Gasteiger partial charge in [0, 0.05) is 29.7 Å². The summed E-state index contributed by atoms with van der Waals surface area (Å²) >= 11 is 0. The fourth-order valence-corrected chi connectivity index (χ4v) is 2.01. The SMILES string of the molecule is CC(=O)c1ccc(NC(=O)CCC(=O)c2ccccc2)cc1. The van der Waals surface area contributed by atoms with E-state index in [0.717, 1.165) is 0 Å². The number of ketones is 2. The minimum Gasteiger partial charge on any atom is -0.326 e. The highest BCUT2D eigenvalue weighted by molar-refractivity contribution is 6.00. The lowest BCUT2D eigenvalue weighted by atomic mass is 10.1. The normalized spacial score (nSPS) is 10.0. The minimum atomic E-state index is -0.222. The number of anilines is 1. The third-order valence-electron chi connectivity index (χ3n) is 3.25. The molecule has 0 atom stereocenters. The van der Waals surface area contributed by atoms with Crippen LogP contribution < -0.4 is 5.32 Å². The molecule has 1 N–H and O–H groups in total. The van der Waals surface area contributed by atoms with E-state index < -0.39 is 0 Å². The third kappa shape index (κ3) is 4.38. The first-order valence-electron chi connectivity index (χ1n) is 7.05. The molecule has 112 valence electrons. The molecule has 0 unspecified atom stereocenters. The minimum absolute atomic E-state index is 0.0219. The molecule has 0 saturated heterocycles. The van der Waals surface area contributed by atoms with Gasteiger partial charge in [-0.2, -0.15) is 0 Å². The molecule has 0 aromatic heterocycles. The Hall–Kier alpha value is -2.75. The molecule has 0 fully saturated rings. The maximum Gasteiger partial charge on any atom is 0.224 e. The fraction of sp³-hybridized carbons (Fsp3) is 0.167. The zero-order valence-electron chi connectivity index (χ0n) is 12.3. The van der Waals surface area contributed by atoms with Crippen molar-refractivity contribution in [2.45, 2.75) is 19.8 Å². The summed E-state index contributed by atoms with van der Waals surface area (Å²) < 4.78 is 0. The molecule has 1 amide bonds. The number of hydrogen-bond donors (Lipinski definition) is 1. The number of nitrogens with one attached hydrogen (secondary N) is 1. The molecule has 0 radical (unpaired) electrons. The van der Waals surface area contributed by atoms with Crippen molar-refractivity contribution in [3.8, 4) is 0 Å². The summed E-state index contributed by atoms with van der Waals surface area (Å²) in [4.78, 5) is 34.9. The average molecular weight is 295 g/mol. The Kier molecular flexibility index (Phi) is 5.20. The van der Waals surface area contributed by atoms with E-state index in [0.29, 0.717) is 16.8 Å². The summed E-state index contributed by atoms with van der Waals surface area (Å²) in [5, 5.41) is 2.71. The molecule has 2 rings (SSSR count). The standard InChI is InChI=1S/C18H17NO3/c1-13(20)14-7-9-16(10-8-14)19-18(22)12-11-17(21)15-5-3-2-4-6-15/h2-10H,11-12H2,1H3,(H,19,22). The van der Waals surface area contributed by atoms with Crippen LogP contribution in [0.1, 0.15) is 40.5 Å². The van der Waals surface area contributed by atoms with Crippen molar-refractivity contribution >= 4 is 23.2 Å². The van der Waals surface area contributed by atoms with Gasteiger partial charge in [-0.05, 0) is 31.2 Å². The number of benzene rings is 2. The topological polar surface area (TPSA) is 63.2 Å². The van der Waals surface area contributed by atoms with Gasteiger partial charge in [-0.25, -0.2) is 0 Å². The first kappa shape index (κ1) is 15.6. The zero-order valence-corrected chi connectivity index (χ0v) is 12.3. The molecule has 0 aliphatic carbocycles. The van der Waals surface area contributed by atoms with Gasteiger partial charge in [-0.1, -0.05) is 30.3 Å². The van der Waals surface area contributed by atoms with E-state index in [2.05, 4.69) is 5.32 Å². The number of carbonyl (C=O) groups excluding carboxylic acids is 3. The average Bonchev–Trinajstić information content (AvgIpc) is 2.54. The monoisotopic (exact) mass is 295 g/mol. The van der Waals surface area contributed by atoms with Gasteiger partial charge in [0.1, 0.15) is 0 Å². The van der Waals surface area contributed by atoms with Crippen LogP contribution in [0.25, 0.3) is 0 Å². The maximum atomic E-state index is 11.9. The molecule has 4 nitrogen and oxygen atoms in total. The van der Waals surface area contributed by atoms with Crippen LogP contribution in [0.5, 0.6) is 0 Å². The summed E-state index contributed by atoms with van der Waals surface area (Å²) in [7, 11) is 0. The summed E-state index contributed by atoms with van der Waals surface area (Å²) in [6, 6.07) is 15.6. The lowest BCUT2D eigenvalue weighted by Gasteiger charge is -2.05. The molecule has 0 spiro atoms. The lowest BCUT2D eigenvalue weighted by molar-refractivity contribution is -0.116. The molecular weight excluding hydrogens is 278 g/mol. The van der Waals surface area contributed by atoms with Gasteiger partial charge in [0.15, 0.2) is 11.6 Å². The number of carbonyl (C=O) groups is 3. The van der Waals surface area contributed by atoms with Crippen LogP contribution in [0, 0.1) is 0 Å². The van der Waals surface area contributed by atoms with Crippen LogP contribution in [-0.4, -0.2) is 17.5 Å². The zero-order chi connectivity index (χ0) is 15.9. The van der Waals surface area contributed by atoms with Crippen molar-refractivity contribution in [3.05, 3.63) is 65.7 Å². The first-order valence-corrected chi connectivity index (χ1v) is 7.05. The van der Waals surface area contributed by atoms with Crippen molar-refractivity contribution in [1.82, 2.24) is 0 Å². The van der Waals surface area contributed by atoms with E-state index in [4.69, 9.17) is 0 Å². The number of amides is 1. The van der Waals surface area contributed by atoms with Gasteiger partial charge < -0.3 is 5.32 Å². The molecule has 0 saturated carbocycles. The summed E-state index contributed by atoms with van der Waals surface area (Å²) in [5.41, 5.74) is 1.82. The molecule has 0 bridgehead atoms. The Bertz CT molecular complexity index is 675. The molecule has 2 aromatic rings. The fourth-order valence-electron chi connectivity index (χ4n) is 2.01. The van der Waals surface area contributed by atoms with Crippen molar-refractivity contribution in [1.29, 1.82) is 0 Å². The Labute approximate surface area is 129 Å². The van der Waals surface area contributed by atoms with Crippen molar-refractivity contribution in [2.24, 2.45) is 0 Å². The number of rotatable bonds is 6. The van der Waals surface area contributed by atoms with Crippen molar-refractivity contribution in [3.63, 3.8) is 0 Å². The second-order valence-corrected chi connectivity index (χ2v) is 4.97. The summed E-state index contributed by atoms with van der Waals surface area (Å²) in [5.74, 6) is -0.297. The van der Waals surface area contributed by atoms with Gasteiger partial charge >= 0.3 is 0 Å². The molecule has 0 aliphatic heterocycles. The Balaban J connectivity index is 1.85. The van der Waals surface area contributed by atoms with Gasteiger partial charge in [0.2, 0.25) is 5.91 Å². The quantitative estimate of drug-likeness (QED) is 0.830. The van der Waals surface area contributed by atoms with Gasteiger partial charge in [0.25, 0.3) is 0 Å². The second kappa shape index (κ2) is 7.31. The van der Waals surface area contributed by atoms with Gasteiger partial charge in [0.05, 0.1) is 0 Å². The number of hydrogen-bond acceptors (Lipinski definition) is 3. The summed E-state index contributed by atoms with van der Waals surface area (Å²) in [6.07, 6.45) is 0.295. The smallest absolute Gasteiger partial charge is 0.224 e. The maximum absolute atomic E-state index is 11.9. The molecule has 22 heavy (non-hydrogen) atoms. The van der Waals surface area contributed by atoms with Gasteiger partial charge in [-0.3, -0.25) is 14.4 Å². The lowest BCUT2D eigenvalue weighted by Crippen LogP contribution is -2.13. The molecule has 0 heterocycles. The highest BCUT2D eigenvalue weighted by atomic mass is 16.2. The Morgan fingerprint density at radius 3 is 2.05 bits per heavy atom. The van der Waals surface area contributed by atoms with Crippen molar-refractivity contribution < 1.29 is 14.4 Å². The summed E-state index contributed by atoms with van der Waals surface area (Å²) in [6.45, 7) is 1.49. The van der Waals surface area contributed by atoms with E-state index in [9.17, 15) is 14.4 Å². The predicted octanol–water partition coefficient (Wildman–Crippen LogP) is 3.49. The molecule has 4 heteroatoms. The van der Waals surface area contributed by atoms with Gasteiger partial charge in [-0.15, -0.1) is 0 Å². The number of Topliss-reactive ketones (excluding diaryl/α,β-unsaturated/α-hetero) is 2. The van der Waals surface area contributed by atoms with Crippen LogP contribution in [0.2, 0.25) is 0 Å². The van der Waals surface area contributed by atoms with E-state index in [1.165, 1.54) is 6.92 Å². The van der Waals surface area contributed by atoms with Crippen LogP contribution in [0.4, 0.5) is 5.69 Å². The van der Waals surface area contributed by atoms with Crippen molar-refractivity contribution in [2.75, 3.05) is 5.32 Å². The highest BCUT2D eigenvalue weighted by Gasteiger charge is 2.09. The van der Waals surface area contributed by atoms with E-state index in [1.54, 1.807) is 48.5 Å². The highest BCUT2D eigenvalue weighted by Crippen LogP contribution is 2.11. The van der Waals surface area contributed by atoms with E-state index in [-0.39, 0.29) is 30.3 Å². The molecular formula is C18H17NO3. The van der Waals surface area contributed by atoms with Crippen LogP contribution in [0.3, 0.4) is 0 Å². The third-order valence-corrected chi connectivity index (χ3v) is 3.25. The largest absolute Gasteiger partial charge is 0.326 e. The van der Waals surface area contributed by atoms with Crippen LogP contribution in [0.15, 0.2) is 54.6 Å². The second-order valence-electron chi connectivity index (χ2n) is 4.97. The predicted molar refractivity (Wildman–Crippen MR) is 85.1 cm³/mol. The first-order chi connectivity index (χ1) is 10.6. The van der Waals surface area contributed by atoms with Crippen LogP contribution >= 0.6 is 0 Å². The van der Waals surface area contributed by atoms with E-state index in [1.807, 2.05) is 6.07 Å². The van der Waals surface area contributed by atoms with Crippen LogP contribution in [-0.2, 0) is 4.79 Å².